The molecular formula is C16H18N4O5. The van der Waals surface area contributed by atoms with Crippen LogP contribution in [-0.2, 0) is 4.79 Å². The third-order valence-corrected chi connectivity index (χ3v) is 5.35. The number of nitrogens with one attached hydrogen (secondary N) is 1. The zero-order valence-electron chi connectivity index (χ0n) is 13.7. The second-order valence-electron chi connectivity index (χ2n) is 6.87. The summed E-state index contributed by atoms with van der Waals surface area (Å²) in [7, 11) is 0. The first-order valence-corrected chi connectivity index (χ1v) is 8.10. The van der Waals surface area contributed by atoms with Crippen LogP contribution in [0.1, 0.15) is 38.2 Å². The largest absolute Gasteiger partial charge is 0.276 e. The maximum atomic E-state index is 12.3. The molecular weight excluding hydrogens is 328 g/mol. The number of carbonyl (C=O) groups excluding carboxylic acids is 1. The number of nitro benzene ring substituents is 2. The summed E-state index contributed by atoms with van der Waals surface area (Å²) in [5.41, 5.74) is 1.90. The van der Waals surface area contributed by atoms with Crippen LogP contribution in [0.25, 0.3) is 0 Å². The van der Waals surface area contributed by atoms with Gasteiger partial charge in [0.05, 0.1) is 22.1 Å². The lowest BCUT2D eigenvalue weighted by molar-refractivity contribution is -0.394. The van der Waals surface area contributed by atoms with E-state index < -0.39 is 21.2 Å². The number of nitro groups is 2. The van der Waals surface area contributed by atoms with Gasteiger partial charge in [-0.2, -0.15) is 5.10 Å². The number of non-ortho nitro benzene ring substituents is 2. The number of benzene rings is 1. The van der Waals surface area contributed by atoms with Gasteiger partial charge in [-0.25, -0.2) is 5.43 Å². The summed E-state index contributed by atoms with van der Waals surface area (Å²) in [5, 5.41) is 25.5. The SMILES string of the molecule is C[C@]12CCCC[C@@H]1[C@@H]2C(=O)N/N=C\c1cc([N+](=O)[O-])cc([N+](=O)[O-])c1. The number of hydrazone groups is 1. The molecule has 0 heterocycles. The van der Waals surface area contributed by atoms with Crippen molar-refractivity contribution in [3.8, 4) is 0 Å². The molecule has 1 N–H and O–H groups in total. The summed E-state index contributed by atoms with van der Waals surface area (Å²) in [6.07, 6.45) is 5.56. The van der Waals surface area contributed by atoms with Gasteiger partial charge in [0.25, 0.3) is 11.4 Å². The van der Waals surface area contributed by atoms with Crippen molar-refractivity contribution in [1.29, 1.82) is 0 Å². The zero-order valence-corrected chi connectivity index (χ0v) is 13.7. The van der Waals surface area contributed by atoms with E-state index in [1.54, 1.807) is 0 Å². The molecule has 3 atom stereocenters. The number of carbonyl (C=O) groups is 1. The van der Waals surface area contributed by atoms with Gasteiger partial charge >= 0.3 is 0 Å². The van der Waals surface area contributed by atoms with Crippen LogP contribution in [0.3, 0.4) is 0 Å². The molecule has 9 nitrogen and oxygen atoms in total. The highest BCUT2D eigenvalue weighted by Crippen LogP contribution is 2.66. The number of rotatable bonds is 5. The lowest BCUT2D eigenvalue weighted by atomic mass is 9.90. The van der Waals surface area contributed by atoms with Gasteiger partial charge < -0.3 is 0 Å². The first-order chi connectivity index (χ1) is 11.8. The fourth-order valence-electron chi connectivity index (χ4n) is 3.99. The Morgan fingerprint density at radius 1 is 1.24 bits per heavy atom. The number of hydrogen-bond acceptors (Lipinski definition) is 6. The van der Waals surface area contributed by atoms with Crippen LogP contribution in [0.4, 0.5) is 11.4 Å². The molecule has 1 aromatic carbocycles. The molecule has 1 amide bonds. The van der Waals surface area contributed by atoms with E-state index in [0.29, 0.717) is 5.92 Å². The summed E-state index contributed by atoms with van der Waals surface area (Å²) < 4.78 is 0. The number of hydrogen-bond donors (Lipinski definition) is 1. The van der Waals surface area contributed by atoms with E-state index in [1.165, 1.54) is 18.3 Å². The van der Waals surface area contributed by atoms with Gasteiger partial charge in [0, 0.05) is 23.6 Å². The molecule has 0 radical (unpaired) electrons. The quantitative estimate of drug-likeness (QED) is 0.498. The van der Waals surface area contributed by atoms with Crippen molar-refractivity contribution in [3.05, 3.63) is 44.0 Å². The molecule has 0 bridgehead atoms. The lowest BCUT2D eigenvalue weighted by Gasteiger charge is -2.15. The minimum atomic E-state index is -0.710. The monoisotopic (exact) mass is 346 g/mol. The van der Waals surface area contributed by atoms with Gasteiger partial charge in [-0.05, 0) is 24.2 Å². The summed E-state index contributed by atoms with van der Waals surface area (Å²) in [6, 6.07) is 3.22. The van der Waals surface area contributed by atoms with E-state index in [9.17, 15) is 25.0 Å². The Labute approximate surface area is 143 Å². The highest BCUT2D eigenvalue weighted by Gasteiger charge is 2.64. The number of amides is 1. The minimum absolute atomic E-state index is 0.0494. The topological polar surface area (TPSA) is 128 Å². The highest BCUT2D eigenvalue weighted by molar-refractivity contribution is 5.86. The Morgan fingerprint density at radius 3 is 2.40 bits per heavy atom. The van der Waals surface area contributed by atoms with Gasteiger partial charge in [0.1, 0.15) is 0 Å². The Kier molecular flexibility index (Phi) is 4.23. The second kappa shape index (κ2) is 6.23. The van der Waals surface area contributed by atoms with Crippen molar-refractivity contribution in [2.24, 2.45) is 22.4 Å². The van der Waals surface area contributed by atoms with Gasteiger partial charge in [-0.15, -0.1) is 0 Å². The Balaban J connectivity index is 1.69. The predicted octanol–water partition coefficient (Wildman–Crippen LogP) is 2.78. The van der Waals surface area contributed by atoms with Crippen molar-refractivity contribution in [2.45, 2.75) is 32.6 Å². The van der Waals surface area contributed by atoms with E-state index in [-0.39, 0.29) is 22.8 Å². The second-order valence-corrected chi connectivity index (χ2v) is 6.87. The molecule has 3 rings (SSSR count). The summed E-state index contributed by atoms with van der Waals surface area (Å²) in [4.78, 5) is 32.6. The zero-order chi connectivity index (χ0) is 18.2. The summed E-state index contributed by atoms with van der Waals surface area (Å²) in [5.74, 6) is 0.188. The molecule has 2 saturated carbocycles. The smallest absolute Gasteiger partial charge is 0.273 e. The van der Waals surface area contributed by atoms with Crippen molar-refractivity contribution in [1.82, 2.24) is 5.43 Å². The van der Waals surface area contributed by atoms with Crippen LogP contribution >= 0.6 is 0 Å². The molecule has 25 heavy (non-hydrogen) atoms. The van der Waals surface area contributed by atoms with E-state index in [4.69, 9.17) is 0 Å². The van der Waals surface area contributed by atoms with E-state index in [0.717, 1.165) is 31.7 Å². The maximum Gasteiger partial charge on any atom is 0.276 e. The van der Waals surface area contributed by atoms with Crippen LogP contribution in [0, 0.1) is 37.5 Å². The molecule has 0 aromatic heterocycles. The van der Waals surface area contributed by atoms with Crippen molar-refractivity contribution >= 4 is 23.5 Å². The van der Waals surface area contributed by atoms with Gasteiger partial charge in [0.2, 0.25) is 5.91 Å². The van der Waals surface area contributed by atoms with Crippen LogP contribution in [0.2, 0.25) is 0 Å². The molecule has 0 unspecified atom stereocenters. The first kappa shape index (κ1) is 17.0. The molecule has 132 valence electrons. The lowest BCUT2D eigenvalue weighted by Crippen LogP contribution is -2.22. The first-order valence-electron chi connectivity index (χ1n) is 8.10. The standard InChI is InChI=1S/C16H18N4O5/c1-16-5-3-2-4-13(16)14(16)15(21)18-17-9-10-6-11(19(22)23)8-12(7-10)20(24)25/h6-9,13-14H,2-5H2,1H3,(H,18,21)/b17-9-/t13-,14-,16+/m1/s1. The molecule has 0 saturated heterocycles. The van der Waals surface area contributed by atoms with Crippen LogP contribution in [0.15, 0.2) is 23.3 Å². The van der Waals surface area contributed by atoms with E-state index >= 15 is 0 Å². The normalized spacial score (nSPS) is 27.6. The van der Waals surface area contributed by atoms with Crippen molar-refractivity contribution in [3.63, 3.8) is 0 Å². The van der Waals surface area contributed by atoms with Crippen molar-refractivity contribution < 1.29 is 14.6 Å². The molecule has 0 aliphatic heterocycles. The average Bonchev–Trinajstić information content (AvgIpc) is 3.20. The fourth-order valence-corrected chi connectivity index (χ4v) is 3.99. The van der Waals surface area contributed by atoms with Crippen LogP contribution in [-0.4, -0.2) is 22.0 Å². The Bertz CT molecular complexity index is 746. The predicted molar refractivity (Wildman–Crippen MR) is 89.0 cm³/mol. The summed E-state index contributed by atoms with van der Waals surface area (Å²) >= 11 is 0. The van der Waals surface area contributed by atoms with Gasteiger partial charge in [0.15, 0.2) is 0 Å². The fraction of sp³-hybridized carbons (Fsp3) is 0.500. The molecule has 2 aliphatic carbocycles. The molecule has 2 fully saturated rings. The van der Waals surface area contributed by atoms with E-state index in [1.807, 2.05) is 0 Å². The molecule has 2 aliphatic rings. The van der Waals surface area contributed by atoms with Gasteiger partial charge in [-0.3, -0.25) is 25.0 Å². The molecule has 9 heteroatoms. The Hall–Kier alpha value is -2.84. The average molecular weight is 346 g/mol. The summed E-state index contributed by atoms with van der Waals surface area (Å²) in [6.45, 7) is 2.12. The third kappa shape index (κ3) is 3.21. The molecule has 0 spiro atoms. The highest BCUT2D eigenvalue weighted by atomic mass is 16.6. The number of fused-ring (bicyclic) bond motifs is 1. The Morgan fingerprint density at radius 2 is 1.88 bits per heavy atom. The van der Waals surface area contributed by atoms with E-state index in [2.05, 4.69) is 17.5 Å². The van der Waals surface area contributed by atoms with Gasteiger partial charge in [-0.1, -0.05) is 19.8 Å². The van der Waals surface area contributed by atoms with Crippen LogP contribution in [0.5, 0.6) is 0 Å². The molecule has 1 aromatic rings. The third-order valence-electron chi connectivity index (χ3n) is 5.35. The van der Waals surface area contributed by atoms with Crippen molar-refractivity contribution in [2.75, 3.05) is 0 Å². The number of nitrogens with zero attached hydrogens (tertiary/aromatic N) is 3. The van der Waals surface area contributed by atoms with Crippen LogP contribution < -0.4 is 5.43 Å². The maximum absolute atomic E-state index is 12.3. The minimum Gasteiger partial charge on any atom is -0.273 e.